The molecule has 0 bridgehead atoms. The van der Waals surface area contributed by atoms with Crippen molar-refractivity contribution in [3.05, 3.63) is 57.8 Å². The number of hydrogen-bond donors (Lipinski definition) is 1. The van der Waals surface area contributed by atoms with Crippen LogP contribution in [0.15, 0.2) is 46.0 Å². The molecule has 1 heterocycles. The first-order chi connectivity index (χ1) is 12.9. The first kappa shape index (κ1) is 19.5. The molecule has 1 N–H and O–H groups in total. The quantitative estimate of drug-likeness (QED) is 0.587. The molecule has 0 spiro atoms. The van der Waals surface area contributed by atoms with Gasteiger partial charge < -0.3 is 5.32 Å². The molecule has 140 valence electrons. The summed E-state index contributed by atoms with van der Waals surface area (Å²) in [4.78, 5) is 12.5. The molecular weight excluding hydrogens is 433 g/mol. The fourth-order valence-corrected chi connectivity index (χ4v) is 3.70. The number of para-hydroxylation sites is 1. The Kier molecular flexibility index (Phi) is 5.91. The molecule has 1 amide bonds. The predicted octanol–water partition coefficient (Wildman–Crippen LogP) is 4.30. The number of anilines is 1. The molecule has 3 aromatic rings. The zero-order valence-electron chi connectivity index (χ0n) is 14.9. The molecule has 1 aromatic heterocycles. The monoisotopic (exact) mass is 449 g/mol. The number of nitrogens with zero attached hydrogens (tertiary/aromatic N) is 4. The van der Waals surface area contributed by atoms with Crippen molar-refractivity contribution < 1.29 is 9.18 Å². The highest BCUT2D eigenvalue weighted by Gasteiger charge is 2.21. The summed E-state index contributed by atoms with van der Waals surface area (Å²) in [6.07, 6.45) is 0. The van der Waals surface area contributed by atoms with Crippen molar-refractivity contribution in [2.24, 2.45) is 0 Å². The molecule has 2 aromatic carbocycles. The van der Waals surface area contributed by atoms with E-state index in [0.29, 0.717) is 9.63 Å². The van der Waals surface area contributed by atoms with Crippen LogP contribution in [-0.2, 0) is 4.79 Å². The maximum absolute atomic E-state index is 13.9. The molecule has 0 saturated heterocycles. The number of aromatic nitrogens is 4. The Morgan fingerprint density at radius 1 is 1.26 bits per heavy atom. The highest BCUT2D eigenvalue weighted by Crippen LogP contribution is 2.27. The van der Waals surface area contributed by atoms with Gasteiger partial charge in [-0.1, -0.05) is 45.9 Å². The van der Waals surface area contributed by atoms with Crippen LogP contribution in [-0.4, -0.2) is 31.4 Å². The number of thioether (sulfide) groups is 1. The second kappa shape index (κ2) is 8.18. The SMILES string of the molecule is Cc1cccc(C)c1-n1nnnc1SC(C)C(=O)Nc1ccc(Br)cc1F. The summed E-state index contributed by atoms with van der Waals surface area (Å²) in [5.74, 6) is -0.840. The summed E-state index contributed by atoms with van der Waals surface area (Å²) in [7, 11) is 0. The Labute approximate surface area is 168 Å². The number of tetrazole rings is 1. The number of carbonyl (C=O) groups excluding carboxylic acids is 1. The number of amides is 1. The molecule has 0 aliphatic rings. The Morgan fingerprint density at radius 2 is 1.96 bits per heavy atom. The third kappa shape index (κ3) is 4.36. The van der Waals surface area contributed by atoms with Gasteiger partial charge in [-0.05, 0) is 60.5 Å². The van der Waals surface area contributed by atoms with Crippen LogP contribution < -0.4 is 5.32 Å². The fourth-order valence-electron chi connectivity index (χ4n) is 2.57. The van der Waals surface area contributed by atoms with E-state index in [1.54, 1.807) is 17.7 Å². The molecule has 1 unspecified atom stereocenters. The predicted molar refractivity (Wildman–Crippen MR) is 107 cm³/mol. The first-order valence-electron chi connectivity index (χ1n) is 8.14. The van der Waals surface area contributed by atoms with E-state index in [2.05, 4.69) is 36.8 Å². The minimum atomic E-state index is -0.526. The molecule has 9 heteroatoms. The van der Waals surface area contributed by atoms with Crippen LogP contribution in [0.1, 0.15) is 18.1 Å². The van der Waals surface area contributed by atoms with Crippen molar-refractivity contribution in [3.63, 3.8) is 0 Å². The van der Waals surface area contributed by atoms with Gasteiger partial charge in [-0.15, -0.1) is 5.10 Å². The summed E-state index contributed by atoms with van der Waals surface area (Å²) in [6.45, 7) is 5.68. The van der Waals surface area contributed by atoms with E-state index in [1.165, 1.54) is 23.9 Å². The molecule has 0 fully saturated rings. The third-order valence-corrected chi connectivity index (χ3v) is 5.46. The minimum absolute atomic E-state index is 0.130. The summed E-state index contributed by atoms with van der Waals surface area (Å²) in [5.41, 5.74) is 3.07. The van der Waals surface area contributed by atoms with Crippen molar-refractivity contribution in [2.45, 2.75) is 31.2 Å². The summed E-state index contributed by atoms with van der Waals surface area (Å²) in [5, 5.41) is 14.4. The molecule has 6 nitrogen and oxygen atoms in total. The average molecular weight is 450 g/mol. The lowest BCUT2D eigenvalue weighted by atomic mass is 10.1. The molecule has 1 atom stereocenters. The number of carbonyl (C=O) groups is 1. The molecular formula is C18H17BrFN5OS. The Morgan fingerprint density at radius 3 is 2.63 bits per heavy atom. The number of halogens is 2. The van der Waals surface area contributed by atoms with E-state index in [9.17, 15) is 9.18 Å². The fraction of sp³-hybridized carbons (Fsp3) is 0.222. The van der Waals surface area contributed by atoms with Crippen molar-refractivity contribution in [1.29, 1.82) is 0 Å². The minimum Gasteiger partial charge on any atom is -0.323 e. The van der Waals surface area contributed by atoms with Gasteiger partial charge in [0.2, 0.25) is 11.1 Å². The first-order valence-corrected chi connectivity index (χ1v) is 9.81. The Hall–Kier alpha value is -2.26. The molecule has 0 aliphatic heterocycles. The topological polar surface area (TPSA) is 72.7 Å². The molecule has 3 rings (SSSR count). The zero-order valence-corrected chi connectivity index (χ0v) is 17.3. The van der Waals surface area contributed by atoms with Gasteiger partial charge in [0.1, 0.15) is 5.82 Å². The van der Waals surface area contributed by atoms with Gasteiger partial charge in [-0.25, -0.2) is 4.39 Å². The van der Waals surface area contributed by atoms with Gasteiger partial charge in [-0.3, -0.25) is 4.79 Å². The second-order valence-electron chi connectivity index (χ2n) is 5.99. The van der Waals surface area contributed by atoms with Crippen LogP contribution >= 0.6 is 27.7 Å². The summed E-state index contributed by atoms with van der Waals surface area (Å²) < 4.78 is 16.2. The maximum atomic E-state index is 13.9. The second-order valence-corrected chi connectivity index (χ2v) is 8.21. The van der Waals surface area contributed by atoms with Crippen molar-refractivity contribution in [1.82, 2.24) is 20.2 Å². The van der Waals surface area contributed by atoms with E-state index in [1.807, 2.05) is 32.0 Å². The number of benzene rings is 2. The van der Waals surface area contributed by atoms with E-state index in [-0.39, 0.29) is 11.6 Å². The largest absolute Gasteiger partial charge is 0.323 e. The van der Waals surface area contributed by atoms with Crippen LogP contribution in [0.25, 0.3) is 5.69 Å². The molecule has 0 saturated carbocycles. The standard InChI is InChI=1S/C18H17BrFN5OS/c1-10-5-4-6-11(2)16(10)25-18(22-23-24-25)27-12(3)17(26)21-15-8-7-13(19)9-14(15)20/h4-9,12H,1-3H3,(H,21,26). The smallest absolute Gasteiger partial charge is 0.237 e. The lowest BCUT2D eigenvalue weighted by Gasteiger charge is -2.14. The van der Waals surface area contributed by atoms with Crippen LogP contribution in [0.5, 0.6) is 0 Å². The van der Waals surface area contributed by atoms with Crippen molar-refractivity contribution >= 4 is 39.3 Å². The van der Waals surface area contributed by atoms with E-state index in [0.717, 1.165) is 16.8 Å². The zero-order chi connectivity index (χ0) is 19.6. The van der Waals surface area contributed by atoms with Crippen LogP contribution in [0.3, 0.4) is 0 Å². The number of rotatable bonds is 5. The van der Waals surface area contributed by atoms with E-state index >= 15 is 0 Å². The maximum Gasteiger partial charge on any atom is 0.237 e. The molecule has 27 heavy (non-hydrogen) atoms. The Bertz CT molecular complexity index is 973. The molecule has 0 aliphatic carbocycles. The lowest BCUT2D eigenvalue weighted by Crippen LogP contribution is -2.23. The van der Waals surface area contributed by atoms with E-state index in [4.69, 9.17) is 0 Å². The summed E-state index contributed by atoms with van der Waals surface area (Å²) >= 11 is 4.40. The van der Waals surface area contributed by atoms with Crippen LogP contribution in [0.2, 0.25) is 0 Å². The highest BCUT2D eigenvalue weighted by atomic mass is 79.9. The normalized spacial score (nSPS) is 12.0. The van der Waals surface area contributed by atoms with Crippen molar-refractivity contribution in [2.75, 3.05) is 5.32 Å². The van der Waals surface area contributed by atoms with Gasteiger partial charge in [-0.2, -0.15) is 4.68 Å². The number of aryl methyl sites for hydroxylation is 2. The van der Waals surface area contributed by atoms with Crippen LogP contribution in [0.4, 0.5) is 10.1 Å². The van der Waals surface area contributed by atoms with E-state index < -0.39 is 11.1 Å². The molecule has 0 radical (unpaired) electrons. The number of hydrogen-bond acceptors (Lipinski definition) is 5. The van der Waals surface area contributed by atoms with Crippen molar-refractivity contribution in [3.8, 4) is 5.69 Å². The lowest BCUT2D eigenvalue weighted by molar-refractivity contribution is -0.115. The average Bonchev–Trinajstić information content (AvgIpc) is 3.05. The van der Waals surface area contributed by atoms with Crippen LogP contribution in [0, 0.1) is 19.7 Å². The van der Waals surface area contributed by atoms with Gasteiger partial charge in [0.15, 0.2) is 0 Å². The summed E-state index contributed by atoms with van der Waals surface area (Å²) in [6, 6.07) is 10.4. The highest BCUT2D eigenvalue weighted by molar-refractivity contribution is 9.10. The van der Waals surface area contributed by atoms with Gasteiger partial charge in [0.05, 0.1) is 16.6 Å². The van der Waals surface area contributed by atoms with Gasteiger partial charge >= 0.3 is 0 Å². The third-order valence-electron chi connectivity index (χ3n) is 3.93. The van der Waals surface area contributed by atoms with Gasteiger partial charge in [0.25, 0.3) is 0 Å². The van der Waals surface area contributed by atoms with Gasteiger partial charge in [0, 0.05) is 4.47 Å². The Balaban J connectivity index is 1.78. The number of nitrogens with one attached hydrogen (secondary N) is 1.